The van der Waals surface area contributed by atoms with Crippen LogP contribution in [-0.4, -0.2) is 42.3 Å². The van der Waals surface area contributed by atoms with Crippen molar-refractivity contribution in [2.75, 3.05) is 13.2 Å². The minimum Gasteiger partial charge on any atom is -0.481 e. The Morgan fingerprint density at radius 2 is 1.66 bits per heavy atom. The Bertz CT molecular complexity index is 985. The number of rotatable bonds is 8. The lowest BCUT2D eigenvalue weighted by Gasteiger charge is -2.37. The molecule has 0 heterocycles. The molecule has 1 atom stereocenters. The number of ether oxygens (including phenoxy) is 1. The molecular formula is C25H28N2O5. The van der Waals surface area contributed by atoms with Gasteiger partial charge in [-0.15, -0.1) is 0 Å². The molecule has 7 nitrogen and oxygen atoms in total. The van der Waals surface area contributed by atoms with E-state index in [4.69, 9.17) is 4.74 Å². The summed E-state index contributed by atoms with van der Waals surface area (Å²) in [6.45, 7) is 2.02. The van der Waals surface area contributed by atoms with E-state index in [0.29, 0.717) is 19.3 Å². The van der Waals surface area contributed by atoms with Gasteiger partial charge >= 0.3 is 12.1 Å². The first kappa shape index (κ1) is 21.9. The van der Waals surface area contributed by atoms with E-state index in [1.54, 1.807) is 6.92 Å². The molecule has 168 valence electrons. The van der Waals surface area contributed by atoms with E-state index in [1.807, 2.05) is 36.4 Å². The van der Waals surface area contributed by atoms with Crippen LogP contribution in [0.15, 0.2) is 48.5 Å². The monoisotopic (exact) mass is 436 g/mol. The summed E-state index contributed by atoms with van der Waals surface area (Å²) in [6.07, 6.45) is 1.66. The van der Waals surface area contributed by atoms with Gasteiger partial charge in [0.25, 0.3) is 0 Å². The zero-order valence-corrected chi connectivity index (χ0v) is 18.1. The Morgan fingerprint density at radius 1 is 1.06 bits per heavy atom. The van der Waals surface area contributed by atoms with Crippen molar-refractivity contribution < 1.29 is 24.2 Å². The highest BCUT2D eigenvalue weighted by molar-refractivity contribution is 5.86. The average Bonchev–Trinajstić information content (AvgIpc) is 3.08. The van der Waals surface area contributed by atoms with Crippen LogP contribution in [0, 0.1) is 5.41 Å². The summed E-state index contributed by atoms with van der Waals surface area (Å²) in [5, 5.41) is 14.7. The largest absolute Gasteiger partial charge is 0.481 e. The molecule has 2 aliphatic carbocycles. The third kappa shape index (κ3) is 4.07. The Labute approximate surface area is 187 Å². The minimum atomic E-state index is -0.887. The molecule has 1 saturated carbocycles. The Kier molecular flexibility index (Phi) is 6.17. The van der Waals surface area contributed by atoms with Gasteiger partial charge in [-0.3, -0.25) is 9.59 Å². The number of carbonyl (C=O) groups excluding carboxylic acids is 2. The zero-order chi connectivity index (χ0) is 22.7. The van der Waals surface area contributed by atoms with Gasteiger partial charge in [0.2, 0.25) is 5.91 Å². The summed E-state index contributed by atoms with van der Waals surface area (Å²) < 4.78 is 5.51. The van der Waals surface area contributed by atoms with Gasteiger partial charge in [-0.05, 0) is 41.5 Å². The molecule has 32 heavy (non-hydrogen) atoms. The van der Waals surface area contributed by atoms with Crippen LogP contribution in [-0.2, 0) is 14.3 Å². The number of nitrogens with one attached hydrogen (secondary N) is 2. The lowest BCUT2D eigenvalue weighted by atomic mass is 9.69. The number of benzene rings is 2. The first-order valence-electron chi connectivity index (χ1n) is 11.1. The fourth-order valence-corrected chi connectivity index (χ4v) is 4.58. The van der Waals surface area contributed by atoms with Crippen molar-refractivity contribution in [1.29, 1.82) is 0 Å². The second-order valence-corrected chi connectivity index (χ2v) is 8.59. The second kappa shape index (κ2) is 9.02. The summed E-state index contributed by atoms with van der Waals surface area (Å²) in [6, 6.07) is 15.4. The number of carboxylic acid groups (broad SMARTS) is 1. The summed E-state index contributed by atoms with van der Waals surface area (Å²) in [7, 11) is 0. The molecule has 0 bridgehead atoms. The molecule has 1 fully saturated rings. The van der Waals surface area contributed by atoms with Crippen LogP contribution in [0.4, 0.5) is 4.79 Å². The number of aliphatic carboxylic acids is 1. The number of hydrogen-bond donors (Lipinski definition) is 3. The predicted molar refractivity (Wildman–Crippen MR) is 119 cm³/mol. The first-order chi connectivity index (χ1) is 15.4. The third-order valence-corrected chi connectivity index (χ3v) is 6.73. The number of carboxylic acids is 1. The van der Waals surface area contributed by atoms with Crippen molar-refractivity contribution >= 4 is 18.0 Å². The molecule has 0 aromatic heterocycles. The quantitative estimate of drug-likeness (QED) is 0.586. The Hall–Kier alpha value is -3.35. The zero-order valence-electron chi connectivity index (χ0n) is 18.1. The molecule has 0 spiro atoms. The number of alkyl carbamates (subject to hydrolysis) is 1. The molecule has 0 aliphatic heterocycles. The van der Waals surface area contributed by atoms with Crippen molar-refractivity contribution in [1.82, 2.24) is 10.6 Å². The van der Waals surface area contributed by atoms with Gasteiger partial charge in [0.05, 0.1) is 5.41 Å². The number of carbonyl (C=O) groups is 3. The van der Waals surface area contributed by atoms with Crippen molar-refractivity contribution in [3.8, 4) is 11.1 Å². The van der Waals surface area contributed by atoms with E-state index in [-0.39, 0.29) is 19.1 Å². The SMILES string of the molecule is CC[C@H](NC(=O)OCC1c2ccccc2-c2ccccc21)C(=O)NCC1(C(=O)O)CCC1. The van der Waals surface area contributed by atoms with Crippen molar-refractivity contribution in [2.45, 2.75) is 44.6 Å². The molecule has 2 aromatic carbocycles. The van der Waals surface area contributed by atoms with Gasteiger partial charge in [0.15, 0.2) is 0 Å². The number of hydrogen-bond acceptors (Lipinski definition) is 4. The predicted octanol–water partition coefficient (Wildman–Crippen LogP) is 3.67. The first-order valence-corrected chi connectivity index (χ1v) is 11.1. The highest BCUT2D eigenvalue weighted by Gasteiger charge is 2.44. The summed E-state index contributed by atoms with van der Waals surface area (Å²) in [5.74, 6) is -1.34. The molecular weight excluding hydrogens is 408 g/mol. The topological polar surface area (TPSA) is 105 Å². The van der Waals surface area contributed by atoms with E-state index in [1.165, 1.54) is 0 Å². The highest BCUT2D eigenvalue weighted by Crippen LogP contribution is 2.44. The van der Waals surface area contributed by atoms with E-state index in [9.17, 15) is 19.5 Å². The minimum absolute atomic E-state index is 0.0592. The molecule has 4 rings (SSSR count). The van der Waals surface area contributed by atoms with Crippen molar-refractivity contribution in [2.24, 2.45) is 5.41 Å². The summed E-state index contributed by atoms with van der Waals surface area (Å²) in [5.41, 5.74) is 3.65. The Balaban J connectivity index is 1.34. The molecule has 3 N–H and O–H groups in total. The molecule has 2 amide bonds. The second-order valence-electron chi connectivity index (χ2n) is 8.59. The van der Waals surface area contributed by atoms with E-state index >= 15 is 0 Å². The average molecular weight is 437 g/mol. The van der Waals surface area contributed by atoms with Crippen molar-refractivity contribution in [3.63, 3.8) is 0 Å². The van der Waals surface area contributed by atoms with Crippen LogP contribution < -0.4 is 10.6 Å². The summed E-state index contributed by atoms with van der Waals surface area (Å²) >= 11 is 0. The van der Waals surface area contributed by atoms with Crippen LogP contribution in [0.5, 0.6) is 0 Å². The maximum Gasteiger partial charge on any atom is 0.407 e. The standard InChI is InChI=1S/C25H28N2O5/c1-2-21(22(28)26-15-25(23(29)30)12-7-13-25)27-24(31)32-14-20-18-10-5-3-8-16(18)17-9-4-6-11-19(17)20/h3-6,8-11,20-21H,2,7,12-15H2,1H3,(H,26,28)(H,27,31)(H,29,30)/t21-/m0/s1. The van der Waals surface area contributed by atoms with E-state index < -0.39 is 29.4 Å². The lowest BCUT2D eigenvalue weighted by molar-refractivity contribution is -0.154. The van der Waals surface area contributed by atoms with Gasteiger partial charge in [-0.25, -0.2) is 4.79 Å². The summed E-state index contributed by atoms with van der Waals surface area (Å²) in [4.78, 5) is 36.5. The molecule has 0 saturated heterocycles. The van der Waals surface area contributed by atoms with Crippen LogP contribution in [0.25, 0.3) is 11.1 Å². The normalized spacial score (nSPS) is 16.8. The maximum atomic E-state index is 12.5. The molecule has 2 aromatic rings. The number of amides is 2. The maximum absolute atomic E-state index is 12.5. The van der Waals surface area contributed by atoms with Gasteiger partial charge in [-0.2, -0.15) is 0 Å². The van der Waals surface area contributed by atoms with Crippen LogP contribution in [0.1, 0.15) is 49.7 Å². The van der Waals surface area contributed by atoms with Gasteiger partial charge in [-0.1, -0.05) is 61.9 Å². The molecule has 0 radical (unpaired) electrons. The van der Waals surface area contributed by atoms with Gasteiger partial charge in [0.1, 0.15) is 12.6 Å². The molecule has 7 heteroatoms. The van der Waals surface area contributed by atoms with Crippen LogP contribution in [0.2, 0.25) is 0 Å². The lowest BCUT2D eigenvalue weighted by Crippen LogP contribution is -2.52. The van der Waals surface area contributed by atoms with E-state index in [2.05, 4.69) is 22.8 Å². The van der Waals surface area contributed by atoms with Gasteiger partial charge in [0, 0.05) is 12.5 Å². The van der Waals surface area contributed by atoms with Crippen LogP contribution in [0.3, 0.4) is 0 Å². The highest BCUT2D eigenvalue weighted by atomic mass is 16.5. The van der Waals surface area contributed by atoms with E-state index in [0.717, 1.165) is 28.7 Å². The fraction of sp³-hybridized carbons (Fsp3) is 0.400. The molecule has 0 unspecified atom stereocenters. The number of fused-ring (bicyclic) bond motifs is 3. The van der Waals surface area contributed by atoms with Gasteiger partial charge < -0.3 is 20.5 Å². The fourth-order valence-electron chi connectivity index (χ4n) is 4.58. The molecule has 2 aliphatic rings. The van der Waals surface area contributed by atoms with Crippen molar-refractivity contribution in [3.05, 3.63) is 59.7 Å². The Morgan fingerprint density at radius 3 is 2.16 bits per heavy atom. The smallest absolute Gasteiger partial charge is 0.407 e. The third-order valence-electron chi connectivity index (χ3n) is 6.73. The van der Waals surface area contributed by atoms with Crippen LogP contribution >= 0.6 is 0 Å².